The Kier molecular flexibility index (Phi) is 5.27. The van der Waals surface area contributed by atoms with Gasteiger partial charge in [-0.05, 0) is 34.4 Å². The first kappa shape index (κ1) is 16.3. The summed E-state index contributed by atoms with van der Waals surface area (Å²) in [6.45, 7) is 9.14. The zero-order chi connectivity index (χ0) is 15.5. The van der Waals surface area contributed by atoms with Crippen molar-refractivity contribution in [3.8, 4) is 0 Å². The van der Waals surface area contributed by atoms with Gasteiger partial charge < -0.3 is 0 Å². The zero-order valence-corrected chi connectivity index (χ0v) is 15.0. The lowest BCUT2D eigenvalue weighted by Gasteiger charge is -2.25. The van der Waals surface area contributed by atoms with Gasteiger partial charge in [0.15, 0.2) is 0 Å². The summed E-state index contributed by atoms with van der Waals surface area (Å²) in [6, 6.07) is 19.8. The molecule has 0 amide bonds. The normalized spacial score (nSPS) is 14.7. The highest BCUT2D eigenvalue weighted by molar-refractivity contribution is 9.09. The van der Waals surface area contributed by atoms with Gasteiger partial charge in [0.1, 0.15) is 0 Å². The van der Waals surface area contributed by atoms with E-state index in [1.54, 1.807) is 0 Å². The van der Waals surface area contributed by atoms with Crippen molar-refractivity contribution >= 4 is 15.9 Å². The van der Waals surface area contributed by atoms with Gasteiger partial charge in [0.2, 0.25) is 0 Å². The predicted molar refractivity (Wildman–Crippen MR) is 96.3 cm³/mol. The quantitative estimate of drug-likeness (QED) is 0.535. The van der Waals surface area contributed by atoms with Crippen LogP contribution in [0.3, 0.4) is 0 Å². The number of rotatable bonds is 5. The Balaban J connectivity index is 2.19. The van der Waals surface area contributed by atoms with E-state index in [0.29, 0.717) is 10.7 Å². The van der Waals surface area contributed by atoms with E-state index in [2.05, 4.69) is 98.2 Å². The van der Waals surface area contributed by atoms with E-state index in [1.165, 1.54) is 16.7 Å². The van der Waals surface area contributed by atoms with Crippen molar-refractivity contribution in [3.63, 3.8) is 0 Å². The van der Waals surface area contributed by atoms with Crippen LogP contribution in [0, 0.1) is 0 Å². The summed E-state index contributed by atoms with van der Waals surface area (Å²) in [7, 11) is 0. The zero-order valence-electron chi connectivity index (χ0n) is 13.4. The average molecular weight is 345 g/mol. The topological polar surface area (TPSA) is 0 Å². The molecule has 21 heavy (non-hydrogen) atoms. The molecule has 0 N–H and O–H groups in total. The van der Waals surface area contributed by atoms with E-state index < -0.39 is 0 Å². The maximum Gasteiger partial charge on any atom is 0.0461 e. The Morgan fingerprint density at radius 3 is 2.00 bits per heavy atom. The average Bonchev–Trinajstić information content (AvgIpc) is 2.54. The molecule has 0 bridgehead atoms. The minimum absolute atomic E-state index is 0.255. The lowest BCUT2D eigenvalue weighted by Crippen LogP contribution is -2.15. The predicted octanol–water partition coefficient (Wildman–Crippen LogP) is 6.61. The SMILES string of the molecule is CCC(C)(C)c1ccc(C(Br)C(C)c2ccccc2)cc1. The fraction of sp³-hybridized carbons (Fsp3) is 0.400. The van der Waals surface area contributed by atoms with Gasteiger partial charge in [0.25, 0.3) is 0 Å². The molecule has 0 aliphatic heterocycles. The lowest BCUT2D eigenvalue weighted by molar-refractivity contribution is 0.506. The van der Waals surface area contributed by atoms with Crippen LogP contribution in [0.25, 0.3) is 0 Å². The van der Waals surface area contributed by atoms with E-state index in [1.807, 2.05) is 0 Å². The first-order valence-corrected chi connectivity index (χ1v) is 8.66. The van der Waals surface area contributed by atoms with Gasteiger partial charge in [-0.2, -0.15) is 0 Å². The first-order valence-electron chi connectivity index (χ1n) is 7.75. The van der Waals surface area contributed by atoms with Gasteiger partial charge in [-0.15, -0.1) is 0 Å². The summed E-state index contributed by atoms with van der Waals surface area (Å²) in [5, 5.41) is 0. The Hall–Kier alpha value is -1.08. The fourth-order valence-corrected chi connectivity index (χ4v) is 3.15. The van der Waals surface area contributed by atoms with E-state index in [9.17, 15) is 0 Å². The number of benzene rings is 2. The van der Waals surface area contributed by atoms with E-state index in [4.69, 9.17) is 0 Å². The molecule has 0 heterocycles. The van der Waals surface area contributed by atoms with Crippen molar-refractivity contribution in [2.75, 3.05) is 0 Å². The minimum Gasteiger partial charge on any atom is -0.0832 e. The number of hydrogen-bond acceptors (Lipinski definition) is 0. The second kappa shape index (κ2) is 6.79. The molecule has 0 aliphatic carbocycles. The second-order valence-corrected chi connectivity index (χ2v) is 7.45. The third-order valence-electron chi connectivity index (χ3n) is 4.66. The van der Waals surface area contributed by atoms with Crippen LogP contribution in [-0.4, -0.2) is 0 Å². The van der Waals surface area contributed by atoms with Crippen LogP contribution in [0.2, 0.25) is 0 Å². The van der Waals surface area contributed by atoms with Crippen LogP contribution in [0.15, 0.2) is 54.6 Å². The maximum absolute atomic E-state index is 3.88. The smallest absolute Gasteiger partial charge is 0.0461 e. The molecule has 2 rings (SSSR count). The number of halogens is 1. The van der Waals surface area contributed by atoms with Crippen molar-refractivity contribution in [2.24, 2.45) is 0 Å². The molecule has 0 saturated heterocycles. The van der Waals surface area contributed by atoms with Crippen LogP contribution in [-0.2, 0) is 5.41 Å². The third-order valence-corrected chi connectivity index (χ3v) is 5.98. The van der Waals surface area contributed by atoms with Crippen molar-refractivity contribution in [2.45, 2.75) is 50.3 Å². The Labute approximate surface area is 137 Å². The molecule has 0 nitrogen and oxygen atoms in total. The van der Waals surface area contributed by atoms with Gasteiger partial charge in [0.05, 0.1) is 0 Å². The van der Waals surface area contributed by atoms with Crippen molar-refractivity contribution in [1.29, 1.82) is 0 Å². The molecule has 2 aromatic rings. The fourth-order valence-electron chi connectivity index (χ4n) is 2.54. The molecule has 2 unspecified atom stereocenters. The van der Waals surface area contributed by atoms with Gasteiger partial charge >= 0.3 is 0 Å². The van der Waals surface area contributed by atoms with Gasteiger partial charge in [-0.3, -0.25) is 0 Å². The molecule has 0 radical (unpaired) electrons. The Bertz CT molecular complexity index is 554. The van der Waals surface area contributed by atoms with Crippen LogP contribution >= 0.6 is 15.9 Å². The summed E-state index contributed by atoms with van der Waals surface area (Å²) >= 11 is 3.88. The molecule has 0 spiro atoms. The summed E-state index contributed by atoms with van der Waals surface area (Å²) < 4.78 is 0. The molecule has 2 aromatic carbocycles. The molecule has 0 saturated carbocycles. The van der Waals surface area contributed by atoms with Crippen molar-refractivity contribution < 1.29 is 0 Å². The van der Waals surface area contributed by atoms with E-state index in [0.717, 1.165) is 6.42 Å². The van der Waals surface area contributed by atoms with Crippen LogP contribution in [0.1, 0.15) is 61.6 Å². The monoisotopic (exact) mass is 344 g/mol. The number of hydrogen-bond donors (Lipinski definition) is 0. The largest absolute Gasteiger partial charge is 0.0832 e. The van der Waals surface area contributed by atoms with E-state index >= 15 is 0 Å². The van der Waals surface area contributed by atoms with E-state index in [-0.39, 0.29) is 5.41 Å². The lowest BCUT2D eigenvalue weighted by atomic mass is 9.81. The molecule has 0 aliphatic rings. The second-order valence-electron chi connectivity index (χ2n) is 6.46. The van der Waals surface area contributed by atoms with Gasteiger partial charge in [-0.1, -0.05) is 98.2 Å². The summed E-state index contributed by atoms with van der Waals surface area (Å²) in [5.41, 5.74) is 4.39. The highest BCUT2D eigenvalue weighted by atomic mass is 79.9. The first-order chi connectivity index (χ1) is 9.95. The van der Waals surface area contributed by atoms with Crippen molar-refractivity contribution in [1.82, 2.24) is 0 Å². The highest BCUT2D eigenvalue weighted by Crippen LogP contribution is 2.38. The van der Waals surface area contributed by atoms with Crippen LogP contribution < -0.4 is 0 Å². The minimum atomic E-state index is 0.255. The molecule has 2 atom stereocenters. The molecule has 112 valence electrons. The number of alkyl halides is 1. The molecule has 1 heteroatoms. The molecule has 0 fully saturated rings. The summed E-state index contributed by atoms with van der Waals surface area (Å²) in [5.74, 6) is 0.455. The molecular formula is C20H25Br. The van der Waals surface area contributed by atoms with Gasteiger partial charge in [-0.25, -0.2) is 0 Å². The van der Waals surface area contributed by atoms with Gasteiger partial charge in [0, 0.05) is 4.83 Å². The molecular weight excluding hydrogens is 320 g/mol. The van der Waals surface area contributed by atoms with Crippen LogP contribution in [0.5, 0.6) is 0 Å². The standard InChI is InChI=1S/C20H25Br/c1-5-20(3,4)18-13-11-17(12-14-18)19(21)15(2)16-9-7-6-8-10-16/h6-15,19H,5H2,1-4H3. The maximum atomic E-state index is 3.88. The Morgan fingerprint density at radius 2 is 1.48 bits per heavy atom. The molecule has 0 aromatic heterocycles. The summed E-state index contributed by atoms with van der Waals surface area (Å²) in [4.78, 5) is 0.346. The van der Waals surface area contributed by atoms with Crippen molar-refractivity contribution in [3.05, 3.63) is 71.3 Å². The van der Waals surface area contributed by atoms with Crippen LogP contribution in [0.4, 0.5) is 0 Å². The third kappa shape index (κ3) is 3.77. The Morgan fingerprint density at radius 1 is 0.905 bits per heavy atom. The highest BCUT2D eigenvalue weighted by Gasteiger charge is 2.20. The summed E-state index contributed by atoms with van der Waals surface area (Å²) in [6.07, 6.45) is 1.16.